The second kappa shape index (κ2) is 8.49. The SMILES string of the molecule is COc1ccc(Cl)c2c1NC(c1ccc(OCc3ccc(Cl)cc3)cc1)C1CC=CC21. The van der Waals surface area contributed by atoms with Crippen LogP contribution in [0.15, 0.2) is 72.8 Å². The van der Waals surface area contributed by atoms with Crippen molar-refractivity contribution in [1.29, 1.82) is 0 Å². The van der Waals surface area contributed by atoms with Crippen molar-refractivity contribution >= 4 is 28.9 Å². The van der Waals surface area contributed by atoms with E-state index in [9.17, 15) is 0 Å². The average molecular weight is 452 g/mol. The van der Waals surface area contributed by atoms with Crippen LogP contribution < -0.4 is 14.8 Å². The van der Waals surface area contributed by atoms with Gasteiger partial charge in [0.25, 0.3) is 0 Å². The van der Waals surface area contributed by atoms with Gasteiger partial charge in [-0.25, -0.2) is 0 Å². The number of fused-ring (bicyclic) bond motifs is 3. The Labute approximate surface area is 192 Å². The number of hydrogen-bond acceptors (Lipinski definition) is 3. The first-order valence-corrected chi connectivity index (χ1v) is 11.2. The van der Waals surface area contributed by atoms with Crippen molar-refractivity contribution in [2.75, 3.05) is 12.4 Å². The first-order valence-electron chi connectivity index (χ1n) is 10.4. The fraction of sp³-hybridized carbons (Fsp3) is 0.231. The second-order valence-corrected chi connectivity index (χ2v) is 8.84. The zero-order valence-corrected chi connectivity index (χ0v) is 18.7. The van der Waals surface area contributed by atoms with E-state index in [1.807, 2.05) is 48.5 Å². The zero-order valence-electron chi connectivity index (χ0n) is 17.1. The minimum Gasteiger partial charge on any atom is -0.495 e. The molecule has 3 unspecified atom stereocenters. The fourth-order valence-corrected chi connectivity index (χ4v) is 5.07. The lowest BCUT2D eigenvalue weighted by atomic mass is 9.77. The highest BCUT2D eigenvalue weighted by atomic mass is 35.5. The van der Waals surface area contributed by atoms with Gasteiger partial charge in [-0.3, -0.25) is 0 Å². The van der Waals surface area contributed by atoms with Crippen LogP contribution in [0.1, 0.15) is 35.1 Å². The molecule has 0 radical (unpaired) electrons. The topological polar surface area (TPSA) is 30.5 Å². The third-order valence-corrected chi connectivity index (χ3v) is 6.79. The molecular formula is C26H23Cl2NO2. The van der Waals surface area contributed by atoms with E-state index in [0.717, 1.165) is 44.8 Å². The van der Waals surface area contributed by atoms with E-state index in [2.05, 4.69) is 29.6 Å². The summed E-state index contributed by atoms with van der Waals surface area (Å²) in [6, 6.07) is 20.1. The molecule has 0 bridgehead atoms. The highest BCUT2D eigenvalue weighted by Gasteiger charge is 2.40. The summed E-state index contributed by atoms with van der Waals surface area (Å²) in [6.07, 6.45) is 5.56. The normalized spacial score (nSPS) is 21.2. The predicted octanol–water partition coefficient (Wildman–Crippen LogP) is 7.41. The van der Waals surface area contributed by atoms with Gasteiger partial charge in [-0.2, -0.15) is 0 Å². The largest absolute Gasteiger partial charge is 0.495 e. The number of ether oxygens (including phenoxy) is 2. The molecule has 1 N–H and O–H groups in total. The number of halogens is 2. The molecule has 0 aromatic heterocycles. The number of methoxy groups -OCH3 is 1. The first kappa shape index (κ1) is 20.3. The van der Waals surface area contributed by atoms with E-state index in [0.29, 0.717) is 12.5 Å². The van der Waals surface area contributed by atoms with Crippen LogP contribution in [0.25, 0.3) is 0 Å². The Hall–Kier alpha value is -2.62. The van der Waals surface area contributed by atoms with Gasteiger partial charge >= 0.3 is 0 Å². The van der Waals surface area contributed by atoms with E-state index in [-0.39, 0.29) is 12.0 Å². The van der Waals surface area contributed by atoms with Crippen molar-refractivity contribution in [3.05, 3.63) is 99.6 Å². The fourth-order valence-electron chi connectivity index (χ4n) is 4.66. The molecule has 3 atom stereocenters. The molecule has 0 amide bonds. The van der Waals surface area contributed by atoms with Gasteiger partial charge in [-0.15, -0.1) is 0 Å². The Morgan fingerprint density at radius 2 is 1.74 bits per heavy atom. The maximum Gasteiger partial charge on any atom is 0.142 e. The monoisotopic (exact) mass is 451 g/mol. The smallest absolute Gasteiger partial charge is 0.142 e. The van der Waals surface area contributed by atoms with Crippen LogP contribution in [0.3, 0.4) is 0 Å². The quantitative estimate of drug-likeness (QED) is 0.409. The third kappa shape index (κ3) is 3.88. The maximum atomic E-state index is 6.59. The molecule has 5 heteroatoms. The summed E-state index contributed by atoms with van der Waals surface area (Å²) in [4.78, 5) is 0. The molecule has 1 aliphatic carbocycles. The van der Waals surface area contributed by atoms with Gasteiger partial charge in [0.05, 0.1) is 18.8 Å². The molecule has 3 aromatic carbocycles. The summed E-state index contributed by atoms with van der Waals surface area (Å²) in [5.41, 5.74) is 4.45. The van der Waals surface area contributed by atoms with Crippen LogP contribution >= 0.6 is 23.2 Å². The molecule has 0 spiro atoms. The second-order valence-electron chi connectivity index (χ2n) is 8.00. The Morgan fingerprint density at radius 1 is 0.968 bits per heavy atom. The highest BCUT2D eigenvalue weighted by Crippen LogP contribution is 2.54. The van der Waals surface area contributed by atoms with Gasteiger partial charge < -0.3 is 14.8 Å². The number of anilines is 1. The summed E-state index contributed by atoms with van der Waals surface area (Å²) in [5.74, 6) is 2.37. The Balaban J connectivity index is 1.38. The molecule has 5 rings (SSSR count). The Bertz CT molecular complexity index is 1110. The van der Waals surface area contributed by atoms with Gasteiger partial charge in [0.1, 0.15) is 18.1 Å². The number of rotatable bonds is 5. The summed E-state index contributed by atoms with van der Waals surface area (Å²) in [6.45, 7) is 0.510. The number of hydrogen-bond donors (Lipinski definition) is 1. The van der Waals surface area contributed by atoms with E-state index < -0.39 is 0 Å². The van der Waals surface area contributed by atoms with E-state index in [4.69, 9.17) is 32.7 Å². The van der Waals surface area contributed by atoms with E-state index in [1.165, 1.54) is 5.56 Å². The van der Waals surface area contributed by atoms with Crippen molar-refractivity contribution < 1.29 is 9.47 Å². The molecule has 0 fully saturated rings. The predicted molar refractivity (Wildman–Crippen MR) is 127 cm³/mol. The van der Waals surface area contributed by atoms with Crippen LogP contribution in [0.5, 0.6) is 11.5 Å². The lowest BCUT2D eigenvalue weighted by molar-refractivity contribution is 0.306. The Kier molecular flexibility index (Phi) is 5.56. The van der Waals surface area contributed by atoms with Gasteiger partial charge in [0.15, 0.2) is 0 Å². The van der Waals surface area contributed by atoms with Crippen molar-refractivity contribution in [1.82, 2.24) is 0 Å². The van der Waals surface area contributed by atoms with Crippen molar-refractivity contribution in [2.24, 2.45) is 5.92 Å². The molecule has 158 valence electrons. The minimum atomic E-state index is 0.171. The first-order chi connectivity index (χ1) is 15.1. The number of benzene rings is 3. The van der Waals surface area contributed by atoms with Gasteiger partial charge in [-0.1, -0.05) is 59.6 Å². The van der Waals surface area contributed by atoms with Crippen LogP contribution in [0.2, 0.25) is 10.0 Å². The molecular weight excluding hydrogens is 429 g/mol. The summed E-state index contributed by atoms with van der Waals surface area (Å²) >= 11 is 12.5. The molecule has 0 saturated heterocycles. The molecule has 1 aliphatic heterocycles. The van der Waals surface area contributed by atoms with Crippen molar-refractivity contribution in [2.45, 2.75) is 25.0 Å². The van der Waals surface area contributed by atoms with Gasteiger partial charge in [-0.05, 0) is 59.9 Å². The Morgan fingerprint density at radius 3 is 2.48 bits per heavy atom. The van der Waals surface area contributed by atoms with E-state index >= 15 is 0 Å². The van der Waals surface area contributed by atoms with Crippen LogP contribution in [-0.2, 0) is 6.61 Å². The van der Waals surface area contributed by atoms with Crippen LogP contribution in [0, 0.1) is 5.92 Å². The van der Waals surface area contributed by atoms with E-state index in [1.54, 1.807) is 7.11 Å². The maximum absolute atomic E-state index is 6.59. The lowest BCUT2D eigenvalue weighted by Crippen LogP contribution is -2.29. The van der Waals surface area contributed by atoms with Gasteiger partial charge in [0.2, 0.25) is 0 Å². The summed E-state index contributed by atoms with van der Waals surface area (Å²) in [5, 5.41) is 5.24. The zero-order chi connectivity index (χ0) is 21.4. The summed E-state index contributed by atoms with van der Waals surface area (Å²) < 4.78 is 11.6. The molecule has 31 heavy (non-hydrogen) atoms. The molecule has 1 heterocycles. The highest BCUT2D eigenvalue weighted by molar-refractivity contribution is 6.32. The third-order valence-electron chi connectivity index (χ3n) is 6.21. The molecule has 3 aromatic rings. The lowest BCUT2D eigenvalue weighted by Gasteiger charge is -2.38. The van der Waals surface area contributed by atoms with Gasteiger partial charge in [0, 0.05) is 21.5 Å². The average Bonchev–Trinajstić information content (AvgIpc) is 3.29. The van der Waals surface area contributed by atoms with Crippen molar-refractivity contribution in [3.63, 3.8) is 0 Å². The van der Waals surface area contributed by atoms with Crippen molar-refractivity contribution in [3.8, 4) is 11.5 Å². The molecule has 2 aliphatic rings. The van der Waals surface area contributed by atoms with Crippen LogP contribution in [-0.4, -0.2) is 7.11 Å². The summed E-state index contributed by atoms with van der Waals surface area (Å²) in [7, 11) is 1.70. The molecule has 0 saturated carbocycles. The molecule has 3 nitrogen and oxygen atoms in total. The van der Waals surface area contributed by atoms with Crippen LogP contribution in [0.4, 0.5) is 5.69 Å². The number of allylic oxidation sites excluding steroid dienone is 2. The minimum absolute atomic E-state index is 0.171. The standard InChI is InChI=1S/C26H23Cl2NO2/c1-30-23-14-13-22(28)24-20-3-2-4-21(20)25(29-26(23)24)17-7-11-19(12-8-17)31-15-16-5-9-18(27)10-6-16/h2-3,5-14,20-21,25,29H,4,15H2,1H3. The number of nitrogens with one attached hydrogen (secondary N) is 1.